The van der Waals surface area contributed by atoms with Crippen molar-refractivity contribution in [1.82, 2.24) is 10.2 Å². The first-order valence-electron chi connectivity index (χ1n) is 9.49. The molecule has 0 aromatic heterocycles. The predicted molar refractivity (Wildman–Crippen MR) is 113 cm³/mol. The van der Waals surface area contributed by atoms with E-state index in [4.69, 9.17) is 5.73 Å². The lowest BCUT2D eigenvalue weighted by Gasteiger charge is -2.20. The number of halogens is 1. The summed E-state index contributed by atoms with van der Waals surface area (Å²) in [6.45, 7) is 3.69. The summed E-state index contributed by atoms with van der Waals surface area (Å²) in [6, 6.07) is 17.4. The van der Waals surface area contributed by atoms with E-state index in [0.717, 1.165) is 5.56 Å². The van der Waals surface area contributed by atoms with Crippen LogP contribution in [0.2, 0.25) is 0 Å². The molecule has 28 heavy (non-hydrogen) atoms. The third kappa shape index (κ3) is 5.33. The average Bonchev–Trinajstić information content (AvgIpc) is 3.14. The third-order valence-corrected chi connectivity index (χ3v) is 5.20. The molecule has 3 N–H and O–H groups in total. The summed E-state index contributed by atoms with van der Waals surface area (Å²) in [6.07, 6.45) is 1.07. The molecule has 2 unspecified atom stereocenters. The molecule has 1 aliphatic heterocycles. The van der Waals surface area contributed by atoms with Crippen molar-refractivity contribution >= 4 is 24.2 Å². The Labute approximate surface area is 172 Å². The Hall–Kier alpha value is -2.37. The fourth-order valence-corrected chi connectivity index (χ4v) is 3.41. The van der Waals surface area contributed by atoms with Gasteiger partial charge in [-0.05, 0) is 23.1 Å². The molecule has 0 spiro atoms. The van der Waals surface area contributed by atoms with Crippen LogP contribution in [0.5, 0.6) is 0 Å². The molecule has 3 rings (SSSR count). The molecule has 1 heterocycles. The van der Waals surface area contributed by atoms with E-state index in [9.17, 15) is 9.59 Å². The molecule has 0 saturated heterocycles. The summed E-state index contributed by atoms with van der Waals surface area (Å²) in [5.41, 5.74) is 9.59. The van der Waals surface area contributed by atoms with Gasteiger partial charge in [-0.15, -0.1) is 12.4 Å². The highest BCUT2D eigenvalue weighted by molar-refractivity contribution is 5.85. The fraction of sp³-hybridized carbons (Fsp3) is 0.364. The maximum Gasteiger partial charge on any atom is 0.224 e. The molecular formula is C22H28ClN3O2. The minimum absolute atomic E-state index is 0. The van der Waals surface area contributed by atoms with Crippen molar-refractivity contribution < 1.29 is 9.59 Å². The highest BCUT2D eigenvalue weighted by Gasteiger charge is 2.23. The van der Waals surface area contributed by atoms with Gasteiger partial charge in [0.15, 0.2) is 0 Å². The van der Waals surface area contributed by atoms with Crippen LogP contribution in [0.15, 0.2) is 54.6 Å². The van der Waals surface area contributed by atoms with Gasteiger partial charge in [-0.25, -0.2) is 0 Å². The van der Waals surface area contributed by atoms with Gasteiger partial charge in [-0.2, -0.15) is 0 Å². The minimum Gasteiger partial charge on any atom is -0.356 e. The first-order chi connectivity index (χ1) is 13.1. The molecule has 150 valence electrons. The van der Waals surface area contributed by atoms with Gasteiger partial charge in [0.05, 0.1) is 5.92 Å². The summed E-state index contributed by atoms with van der Waals surface area (Å²) in [4.78, 5) is 26.6. The van der Waals surface area contributed by atoms with Gasteiger partial charge in [0.1, 0.15) is 0 Å². The smallest absolute Gasteiger partial charge is 0.224 e. The predicted octanol–water partition coefficient (Wildman–Crippen LogP) is 3.18. The molecule has 1 aliphatic rings. The molecule has 0 radical (unpaired) electrons. The number of carbonyl (C=O) groups is 2. The zero-order chi connectivity index (χ0) is 19.2. The van der Waals surface area contributed by atoms with Crippen molar-refractivity contribution in [2.45, 2.75) is 38.9 Å². The van der Waals surface area contributed by atoms with Gasteiger partial charge in [-0.1, -0.05) is 61.5 Å². The Morgan fingerprint density at radius 1 is 1.04 bits per heavy atom. The summed E-state index contributed by atoms with van der Waals surface area (Å²) in [7, 11) is 0. The van der Waals surface area contributed by atoms with Gasteiger partial charge in [0.2, 0.25) is 11.8 Å². The third-order valence-electron chi connectivity index (χ3n) is 5.20. The van der Waals surface area contributed by atoms with Gasteiger partial charge in [-0.3, -0.25) is 9.59 Å². The van der Waals surface area contributed by atoms with Crippen LogP contribution in [-0.4, -0.2) is 23.3 Å². The van der Waals surface area contributed by atoms with Crippen molar-refractivity contribution in [1.29, 1.82) is 0 Å². The standard InChI is InChI=1S/C22H27N3O2.ClH/c1-16(21(23)17-8-3-2-4-9-17)22(27)24-13-7-12-20(26)25-14-18-10-5-6-11-19(18)15-25;/h2-6,8-11,16,21H,7,12-15,23H2,1H3,(H,24,27);1H. The van der Waals surface area contributed by atoms with Crippen LogP contribution >= 0.6 is 12.4 Å². The summed E-state index contributed by atoms with van der Waals surface area (Å²) >= 11 is 0. The van der Waals surface area contributed by atoms with E-state index >= 15 is 0 Å². The molecule has 2 atom stereocenters. The Bertz CT molecular complexity index is 772. The number of benzene rings is 2. The van der Waals surface area contributed by atoms with Crippen LogP contribution in [-0.2, 0) is 22.7 Å². The fourth-order valence-electron chi connectivity index (χ4n) is 3.41. The van der Waals surface area contributed by atoms with E-state index in [-0.39, 0.29) is 36.2 Å². The van der Waals surface area contributed by atoms with Crippen LogP contribution < -0.4 is 11.1 Å². The number of hydrogen-bond acceptors (Lipinski definition) is 3. The zero-order valence-electron chi connectivity index (χ0n) is 16.1. The summed E-state index contributed by atoms with van der Waals surface area (Å²) < 4.78 is 0. The monoisotopic (exact) mass is 401 g/mol. The number of nitrogens with two attached hydrogens (primary N) is 1. The van der Waals surface area contributed by atoms with Crippen LogP contribution in [0.25, 0.3) is 0 Å². The number of amides is 2. The molecule has 0 fully saturated rings. The number of nitrogens with one attached hydrogen (secondary N) is 1. The Morgan fingerprint density at radius 2 is 1.61 bits per heavy atom. The Kier molecular flexibility index (Phi) is 8.03. The topological polar surface area (TPSA) is 75.4 Å². The van der Waals surface area contributed by atoms with Crippen molar-refractivity contribution in [3.05, 3.63) is 71.3 Å². The van der Waals surface area contributed by atoms with Crippen molar-refractivity contribution in [3.8, 4) is 0 Å². The van der Waals surface area contributed by atoms with Gasteiger partial charge >= 0.3 is 0 Å². The molecule has 2 amide bonds. The summed E-state index contributed by atoms with van der Waals surface area (Å²) in [5.74, 6) is -0.266. The van der Waals surface area contributed by atoms with E-state index in [2.05, 4.69) is 17.4 Å². The maximum absolute atomic E-state index is 12.4. The quantitative estimate of drug-likeness (QED) is 0.699. The van der Waals surface area contributed by atoms with Crippen LogP contribution in [0.1, 0.15) is 42.5 Å². The first-order valence-corrected chi connectivity index (χ1v) is 9.49. The van der Waals surface area contributed by atoms with Gasteiger partial charge in [0.25, 0.3) is 0 Å². The van der Waals surface area contributed by atoms with Gasteiger partial charge < -0.3 is 16.0 Å². The molecule has 6 heteroatoms. The minimum atomic E-state index is -0.337. The number of hydrogen-bond donors (Lipinski definition) is 2. The molecule has 0 saturated carbocycles. The number of carbonyl (C=O) groups excluding carboxylic acids is 2. The van der Waals surface area contributed by atoms with Crippen LogP contribution in [0.3, 0.4) is 0 Å². The Balaban J connectivity index is 0.00000280. The van der Waals surface area contributed by atoms with Gasteiger partial charge in [0, 0.05) is 32.1 Å². The lowest BCUT2D eigenvalue weighted by Crippen LogP contribution is -2.36. The highest BCUT2D eigenvalue weighted by Crippen LogP contribution is 2.23. The molecule has 2 aromatic carbocycles. The zero-order valence-corrected chi connectivity index (χ0v) is 17.0. The van der Waals surface area contributed by atoms with Crippen molar-refractivity contribution in [2.24, 2.45) is 11.7 Å². The second kappa shape index (κ2) is 10.2. The van der Waals surface area contributed by atoms with Crippen molar-refractivity contribution in [2.75, 3.05) is 6.54 Å². The van der Waals surface area contributed by atoms with E-state index < -0.39 is 0 Å². The lowest BCUT2D eigenvalue weighted by molar-refractivity contribution is -0.132. The first kappa shape index (κ1) is 21.9. The van der Waals surface area contributed by atoms with E-state index in [0.29, 0.717) is 32.5 Å². The normalized spacial score (nSPS) is 14.6. The number of fused-ring (bicyclic) bond motifs is 1. The van der Waals surface area contributed by atoms with Crippen LogP contribution in [0, 0.1) is 5.92 Å². The molecule has 5 nitrogen and oxygen atoms in total. The van der Waals surface area contributed by atoms with Crippen LogP contribution in [0.4, 0.5) is 0 Å². The number of rotatable bonds is 7. The molecule has 2 aromatic rings. The second-order valence-corrected chi connectivity index (χ2v) is 7.14. The average molecular weight is 402 g/mol. The summed E-state index contributed by atoms with van der Waals surface area (Å²) in [5, 5.41) is 2.91. The Morgan fingerprint density at radius 3 is 2.21 bits per heavy atom. The molecule has 0 aliphatic carbocycles. The SMILES string of the molecule is CC(C(=O)NCCCC(=O)N1Cc2ccccc2C1)C(N)c1ccccc1.Cl. The highest BCUT2D eigenvalue weighted by atomic mass is 35.5. The maximum atomic E-state index is 12.4. The molecular weight excluding hydrogens is 374 g/mol. The number of nitrogens with zero attached hydrogens (tertiary/aromatic N) is 1. The van der Waals surface area contributed by atoms with E-state index in [1.807, 2.05) is 54.3 Å². The van der Waals surface area contributed by atoms with E-state index in [1.54, 1.807) is 0 Å². The largest absolute Gasteiger partial charge is 0.356 e. The second-order valence-electron chi connectivity index (χ2n) is 7.14. The molecule has 0 bridgehead atoms. The van der Waals surface area contributed by atoms with Crippen molar-refractivity contribution in [3.63, 3.8) is 0 Å². The van der Waals surface area contributed by atoms with E-state index in [1.165, 1.54) is 11.1 Å². The lowest BCUT2D eigenvalue weighted by atomic mass is 9.94.